The number of carbonyl (C=O) groups is 2. The summed E-state index contributed by atoms with van der Waals surface area (Å²) < 4.78 is 5.72. The molecular formula is C20H31N3O3. The monoisotopic (exact) mass is 361 g/mol. The van der Waals surface area contributed by atoms with Crippen LogP contribution in [0, 0.1) is 5.41 Å². The number of benzene rings is 1. The van der Waals surface area contributed by atoms with Crippen molar-refractivity contribution in [2.75, 3.05) is 31.5 Å². The van der Waals surface area contributed by atoms with E-state index in [1.807, 2.05) is 20.8 Å². The molecule has 1 heterocycles. The Morgan fingerprint density at radius 3 is 2.46 bits per heavy atom. The average Bonchev–Trinajstić information content (AvgIpc) is 2.53. The highest BCUT2D eigenvalue weighted by molar-refractivity contribution is 5.98. The zero-order chi connectivity index (χ0) is 19.3. The van der Waals surface area contributed by atoms with Crippen LogP contribution < -0.4 is 10.6 Å². The van der Waals surface area contributed by atoms with Gasteiger partial charge in [-0.2, -0.15) is 0 Å². The summed E-state index contributed by atoms with van der Waals surface area (Å²) in [6, 6.07) is 7.02. The highest BCUT2D eigenvalue weighted by Crippen LogP contribution is 2.18. The van der Waals surface area contributed by atoms with Gasteiger partial charge in [-0.25, -0.2) is 0 Å². The minimum atomic E-state index is -0.481. The number of carbonyl (C=O) groups excluding carboxylic acids is 2. The lowest BCUT2D eigenvalue weighted by molar-refractivity contribution is -0.123. The van der Waals surface area contributed by atoms with Gasteiger partial charge in [0, 0.05) is 42.8 Å². The van der Waals surface area contributed by atoms with Crippen molar-refractivity contribution in [1.82, 2.24) is 10.2 Å². The Morgan fingerprint density at radius 2 is 1.85 bits per heavy atom. The molecule has 1 aliphatic rings. The number of ether oxygens (including phenoxy) is 1. The smallest absolute Gasteiger partial charge is 0.251 e. The maximum atomic E-state index is 12.4. The topological polar surface area (TPSA) is 70.7 Å². The van der Waals surface area contributed by atoms with Crippen LogP contribution in [0.1, 0.15) is 45.0 Å². The Balaban J connectivity index is 1.85. The quantitative estimate of drug-likeness (QED) is 0.845. The summed E-state index contributed by atoms with van der Waals surface area (Å²) in [5, 5.41) is 5.81. The fourth-order valence-corrected chi connectivity index (χ4v) is 2.95. The second kappa shape index (κ2) is 8.64. The molecule has 1 aliphatic heterocycles. The third-order valence-corrected chi connectivity index (χ3v) is 4.27. The fourth-order valence-electron chi connectivity index (χ4n) is 2.95. The molecule has 1 fully saturated rings. The van der Waals surface area contributed by atoms with Gasteiger partial charge in [0.1, 0.15) is 0 Å². The normalized spacial score (nSPS) is 21.3. The lowest BCUT2D eigenvalue weighted by atomic mass is 9.95. The first-order valence-corrected chi connectivity index (χ1v) is 9.22. The zero-order valence-electron chi connectivity index (χ0n) is 16.5. The van der Waals surface area contributed by atoms with Gasteiger partial charge in [0.25, 0.3) is 5.91 Å². The SMILES string of the molecule is CC1CN(CCNC(=O)c2cccc(NC(=O)C(C)(C)C)c2)CC(C)O1. The van der Waals surface area contributed by atoms with Gasteiger partial charge in [-0.3, -0.25) is 14.5 Å². The van der Waals surface area contributed by atoms with E-state index < -0.39 is 5.41 Å². The van der Waals surface area contributed by atoms with Crippen molar-refractivity contribution in [3.05, 3.63) is 29.8 Å². The average molecular weight is 361 g/mol. The summed E-state index contributed by atoms with van der Waals surface area (Å²) in [5.74, 6) is -0.211. The van der Waals surface area contributed by atoms with Crippen molar-refractivity contribution in [3.8, 4) is 0 Å². The van der Waals surface area contributed by atoms with Crippen LogP contribution in [-0.4, -0.2) is 55.1 Å². The third-order valence-electron chi connectivity index (χ3n) is 4.27. The summed E-state index contributed by atoms with van der Waals surface area (Å²) >= 11 is 0. The second-order valence-electron chi connectivity index (χ2n) is 8.06. The van der Waals surface area contributed by atoms with Gasteiger partial charge in [-0.1, -0.05) is 26.8 Å². The van der Waals surface area contributed by atoms with Gasteiger partial charge in [-0.05, 0) is 32.0 Å². The van der Waals surface area contributed by atoms with E-state index in [2.05, 4.69) is 29.4 Å². The number of nitrogens with zero attached hydrogens (tertiary/aromatic N) is 1. The first-order valence-electron chi connectivity index (χ1n) is 9.22. The molecule has 144 valence electrons. The van der Waals surface area contributed by atoms with E-state index in [1.165, 1.54) is 0 Å². The predicted octanol–water partition coefficient (Wildman–Crippen LogP) is 2.51. The molecule has 6 heteroatoms. The van der Waals surface area contributed by atoms with E-state index in [4.69, 9.17) is 4.74 Å². The molecule has 6 nitrogen and oxygen atoms in total. The number of amides is 2. The molecule has 1 aromatic rings. The first-order chi connectivity index (χ1) is 12.1. The molecule has 0 bridgehead atoms. The van der Waals surface area contributed by atoms with Crippen molar-refractivity contribution < 1.29 is 14.3 Å². The molecule has 0 aliphatic carbocycles. The van der Waals surface area contributed by atoms with Crippen LogP contribution in [0.3, 0.4) is 0 Å². The van der Waals surface area contributed by atoms with E-state index in [0.717, 1.165) is 19.6 Å². The van der Waals surface area contributed by atoms with Gasteiger partial charge in [-0.15, -0.1) is 0 Å². The van der Waals surface area contributed by atoms with Gasteiger partial charge in [0.15, 0.2) is 0 Å². The molecule has 0 radical (unpaired) electrons. The Hall–Kier alpha value is -1.92. The van der Waals surface area contributed by atoms with E-state index in [1.54, 1.807) is 24.3 Å². The summed E-state index contributed by atoms with van der Waals surface area (Å²) in [6.07, 6.45) is 0.440. The standard InChI is InChI=1S/C20H31N3O3/c1-14-12-23(13-15(2)26-14)10-9-21-18(24)16-7-6-8-17(11-16)22-19(25)20(3,4)5/h6-8,11,14-15H,9-10,12-13H2,1-5H3,(H,21,24)(H,22,25). The Kier molecular flexibility index (Phi) is 6.78. The lowest BCUT2D eigenvalue weighted by Gasteiger charge is -2.35. The summed E-state index contributed by atoms with van der Waals surface area (Å²) in [5.41, 5.74) is 0.693. The van der Waals surface area contributed by atoms with Gasteiger partial charge in [0.2, 0.25) is 5.91 Å². The highest BCUT2D eigenvalue weighted by Gasteiger charge is 2.22. The van der Waals surface area contributed by atoms with Gasteiger partial charge < -0.3 is 15.4 Å². The van der Waals surface area contributed by atoms with Crippen LogP contribution in [0.15, 0.2) is 24.3 Å². The molecule has 2 amide bonds. The van der Waals surface area contributed by atoms with Gasteiger partial charge in [0.05, 0.1) is 12.2 Å². The van der Waals surface area contributed by atoms with Crippen LogP contribution in [0.2, 0.25) is 0 Å². The van der Waals surface area contributed by atoms with Crippen molar-refractivity contribution >= 4 is 17.5 Å². The Morgan fingerprint density at radius 1 is 1.19 bits per heavy atom. The van der Waals surface area contributed by atoms with Crippen LogP contribution in [-0.2, 0) is 9.53 Å². The van der Waals surface area contributed by atoms with Crippen molar-refractivity contribution in [2.24, 2.45) is 5.41 Å². The molecule has 1 saturated heterocycles. The molecule has 2 unspecified atom stereocenters. The van der Waals surface area contributed by atoms with Crippen molar-refractivity contribution in [1.29, 1.82) is 0 Å². The molecular weight excluding hydrogens is 330 g/mol. The lowest BCUT2D eigenvalue weighted by Crippen LogP contribution is -2.47. The van der Waals surface area contributed by atoms with Crippen molar-refractivity contribution in [3.63, 3.8) is 0 Å². The summed E-state index contributed by atoms with van der Waals surface area (Å²) in [6.45, 7) is 12.8. The molecule has 26 heavy (non-hydrogen) atoms. The maximum Gasteiger partial charge on any atom is 0.251 e. The van der Waals surface area contributed by atoms with E-state index in [9.17, 15) is 9.59 Å². The van der Waals surface area contributed by atoms with E-state index in [-0.39, 0.29) is 24.0 Å². The molecule has 2 N–H and O–H groups in total. The van der Waals surface area contributed by atoms with Crippen molar-refractivity contribution in [2.45, 2.75) is 46.8 Å². The molecule has 0 spiro atoms. The van der Waals surface area contributed by atoms with Crippen LogP contribution in [0.5, 0.6) is 0 Å². The maximum absolute atomic E-state index is 12.4. The minimum absolute atomic E-state index is 0.0781. The Labute approximate surface area is 156 Å². The fraction of sp³-hybridized carbons (Fsp3) is 0.600. The van der Waals surface area contributed by atoms with Crippen LogP contribution >= 0.6 is 0 Å². The molecule has 0 aromatic heterocycles. The second-order valence-corrected chi connectivity index (χ2v) is 8.06. The summed E-state index contributed by atoms with van der Waals surface area (Å²) in [4.78, 5) is 26.8. The number of anilines is 1. The first kappa shape index (κ1) is 20.4. The molecule has 0 saturated carbocycles. The van der Waals surface area contributed by atoms with E-state index >= 15 is 0 Å². The molecule has 2 rings (SSSR count). The summed E-state index contributed by atoms with van der Waals surface area (Å²) in [7, 11) is 0. The van der Waals surface area contributed by atoms with E-state index in [0.29, 0.717) is 17.8 Å². The Bertz CT molecular complexity index is 629. The zero-order valence-corrected chi connectivity index (χ0v) is 16.5. The molecule has 2 atom stereocenters. The predicted molar refractivity (Wildman–Crippen MR) is 103 cm³/mol. The molecule has 1 aromatic carbocycles. The van der Waals surface area contributed by atoms with Gasteiger partial charge >= 0.3 is 0 Å². The van der Waals surface area contributed by atoms with Crippen LogP contribution in [0.25, 0.3) is 0 Å². The highest BCUT2D eigenvalue weighted by atomic mass is 16.5. The number of hydrogen-bond acceptors (Lipinski definition) is 4. The minimum Gasteiger partial charge on any atom is -0.373 e. The largest absolute Gasteiger partial charge is 0.373 e. The number of hydrogen-bond donors (Lipinski definition) is 2. The van der Waals surface area contributed by atoms with Crippen LogP contribution in [0.4, 0.5) is 5.69 Å². The number of nitrogens with one attached hydrogen (secondary N) is 2. The third kappa shape index (κ3) is 6.11. The number of morpholine rings is 1. The number of rotatable bonds is 5.